The van der Waals surface area contributed by atoms with Crippen LogP contribution >= 0.6 is 0 Å². The summed E-state index contributed by atoms with van der Waals surface area (Å²) in [4.78, 5) is 23.1. The second-order valence-corrected chi connectivity index (χ2v) is 5.73. The molecule has 0 aliphatic carbocycles. The van der Waals surface area contributed by atoms with E-state index < -0.39 is 30.1 Å². The molecule has 3 atom stereocenters. The Hall–Kier alpha value is -2.12. The molecule has 0 bridgehead atoms. The van der Waals surface area contributed by atoms with E-state index in [1.54, 1.807) is 45.2 Å². The topological polar surface area (TPSA) is 122 Å². The van der Waals surface area contributed by atoms with Gasteiger partial charge in [-0.05, 0) is 30.0 Å². The number of aliphatic hydroxyl groups excluding tert-OH is 1. The van der Waals surface area contributed by atoms with Gasteiger partial charge in [0.05, 0.1) is 7.11 Å². The molecule has 0 fully saturated rings. The first-order chi connectivity index (χ1) is 10.8. The number of rotatable bonds is 8. The highest BCUT2D eigenvalue weighted by molar-refractivity contribution is 5.86. The molecule has 0 saturated carbocycles. The van der Waals surface area contributed by atoms with Gasteiger partial charge in [0.2, 0.25) is 0 Å². The molecule has 0 unspecified atom stereocenters. The fraction of sp³-hybridized carbons (Fsp3) is 0.500. The molecule has 0 spiro atoms. The lowest BCUT2D eigenvalue weighted by Gasteiger charge is -2.23. The number of hydrogen-bond acceptors (Lipinski definition) is 5. The lowest BCUT2D eigenvalue weighted by atomic mass is 10.00. The van der Waals surface area contributed by atoms with Crippen LogP contribution in [-0.4, -0.2) is 47.4 Å². The van der Waals surface area contributed by atoms with Crippen molar-refractivity contribution in [1.29, 1.82) is 0 Å². The number of carbonyl (C=O) groups is 2. The summed E-state index contributed by atoms with van der Waals surface area (Å²) in [5.41, 5.74) is 6.70. The zero-order chi connectivity index (χ0) is 17.6. The third-order valence-corrected chi connectivity index (χ3v) is 3.54. The molecule has 1 rings (SSSR count). The number of methoxy groups -OCH3 is 1. The highest BCUT2D eigenvalue weighted by atomic mass is 16.5. The number of aliphatic carboxylic acids is 1. The third kappa shape index (κ3) is 5.54. The molecule has 0 radical (unpaired) electrons. The van der Waals surface area contributed by atoms with Crippen molar-refractivity contribution < 1.29 is 24.5 Å². The number of carboxylic acids is 1. The van der Waals surface area contributed by atoms with Crippen LogP contribution in [0.3, 0.4) is 0 Å². The Morgan fingerprint density at radius 1 is 1.26 bits per heavy atom. The number of nitrogens with two attached hydrogens (primary N) is 1. The number of ether oxygens (including phenoxy) is 1. The van der Waals surface area contributed by atoms with Crippen molar-refractivity contribution in [2.24, 2.45) is 11.7 Å². The van der Waals surface area contributed by atoms with Crippen LogP contribution in [0.5, 0.6) is 5.75 Å². The van der Waals surface area contributed by atoms with Crippen molar-refractivity contribution in [2.75, 3.05) is 7.11 Å². The summed E-state index contributed by atoms with van der Waals surface area (Å²) in [6.45, 7) is 3.34. The maximum absolute atomic E-state index is 12.0. The highest BCUT2D eigenvalue weighted by Crippen LogP contribution is 2.13. The first-order valence-electron chi connectivity index (χ1n) is 7.36. The van der Waals surface area contributed by atoms with Gasteiger partial charge < -0.3 is 26.0 Å². The first-order valence-corrected chi connectivity index (χ1v) is 7.36. The minimum atomic E-state index is -1.49. The number of carbonyl (C=O) groups excluding carboxylic acids is 1. The van der Waals surface area contributed by atoms with Gasteiger partial charge in [0.15, 0.2) is 0 Å². The van der Waals surface area contributed by atoms with Crippen LogP contribution < -0.4 is 15.8 Å². The summed E-state index contributed by atoms with van der Waals surface area (Å²) in [6, 6.07) is 5.19. The zero-order valence-electron chi connectivity index (χ0n) is 13.5. The molecule has 7 heteroatoms. The van der Waals surface area contributed by atoms with Crippen molar-refractivity contribution >= 4 is 11.9 Å². The van der Waals surface area contributed by atoms with Crippen LogP contribution in [0.1, 0.15) is 19.4 Å². The molecule has 1 amide bonds. The molecule has 23 heavy (non-hydrogen) atoms. The maximum Gasteiger partial charge on any atom is 0.326 e. The number of carboxylic acid groups (broad SMARTS) is 1. The predicted molar refractivity (Wildman–Crippen MR) is 85.1 cm³/mol. The average Bonchev–Trinajstić information content (AvgIpc) is 2.51. The van der Waals surface area contributed by atoms with E-state index in [1.165, 1.54) is 0 Å². The second kappa shape index (κ2) is 8.50. The summed E-state index contributed by atoms with van der Waals surface area (Å²) in [6.07, 6.45) is -1.21. The van der Waals surface area contributed by atoms with Gasteiger partial charge in [0.25, 0.3) is 5.91 Å². The van der Waals surface area contributed by atoms with Gasteiger partial charge in [-0.25, -0.2) is 4.79 Å². The van der Waals surface area contributed by atoms with E-state index in [2.05, 4.69) is 5.32 Å². The molecule has 0 saturated heterocycles. The fourth-order valence-electron chi connectivity index (χ4n) is 2.09. The summed E-state index contributed by atoms with van der Waals surface area (Å²) in [5, 5.41) is 21.4. The largest absolute Gasteiger partial charge is 0.497 e. The minimum Gasteiger partial charge on any atom is -0.497 e. The fourth-order valence-corrected chi connectivity index (χ4v) is 2.09. The summed E-state index contributed by atoms with van der Waals surface area (Å²) < 4.78 is 5.05. The lowest BCUT2D eigenvalue weighted by Crippen LogP contribution is -2.53. The highest BCUT2D eigenvalue weighted by Gasteiger charge is 2.29. The number of nitrogens with one attached hydrogen (secondary N) is 1. The van der Waals surface area contributed by atoms with E-state index in [4.69, 9.17) is 15.6 Å². The van der Waals surface area contributed by atoms with Gasteiger partial charge in [-0.3, -0.25) is 4.79 Å². The number of hydrogen-bond donors (Lipinski definition) is 4. The Kier molecular flexibility index (Phi) is 6.99. The lowest BCUT2D eigenvalue weighted by molar-refractivity contribution is -0.145. The minimum absolute atomic E-state index is 0.276. The molecule has 7 nitrogen and oxygen atoms in total. The molecule has 5 N–H and O–H groups in total. The predicted octanol–water partition coefficient (Wildman–Crippen LogP) is 0.151. The van der Waals surface area contributed by atoms with Gasteiger partial charge in [-0.15, -0.1) is 0 Å². The van der Waals surface area contributed by atoms with E-state index in [-0.39, 0.29) is 12.3 Å². The summed E-state index contributed by atoms with van der Waals surface area (Å²) in [7, 11) is 1.56. The Morgan fingerprint density at radius 3 is 2.26 bits per heavy atom. The van der Waals surface area contributed by atoms with Gasteiger partial charge in [-0.1, -0.05) is 26.0 Å². The second-order valence-electron chi connectivity index (χ2n) is 5.73. The first kappa shape index (κ1) is 18.9. The summed E-state index contributed by atoms with van der Waals surface area (Å²) >= 11 is 0. The van der Waals surface area contributed by atoms with Crippen molar-refractivity contribution in [1.82, 2.24) is 5.32 Å². The van der Waals surface area contributed by atoms with E-state index in [0.29, 0.717) is 5.75 Å². The van der Waals surface area contributed by atoms with E-state index in [9.17, 15) is 14.7 Å². The van der Waals surface area contributed by atoms with Crippen molar-refractivity contribution in [3.63, 3.8) is 0 Å². The standard InChI is InChI=1S/C16H24N2O5/c1-9(2)13(16(21)22)18-15(20)14(19)12(17)8-10-4-6-11(23-3)7-5-10/h4-7,9,12-14,19H,8,17H2,1-3H3,(H,18,20)(H,21,22)/t12-,13+,14+/m1/s1. The molecule has 0 aliphatic rings. The molecule has 0 heterocycles. The summed E-state index contributed by atoms with van der Waals surface area (Å²) in [5.74, 6) is -1.54. The van der Waals surface area contributed by atoms with Gasteiger partial charge in [0.1, 0.15) is 17.9 Å². The molecular weight excluding hydrogens is 300 g/mol. The molecule has 1 aromatic rings. The monoisotopic (exact) mass is 324 g/mol. The normalized spacial score (nSPS) is 14.9. The Morgan fingerprint density at radius 2 is 1.83 bits per heavy atom. The van der Waals surface area contributed by atoms with Crippen molar-refractivity contribution in [2.45, 2.75) is 38.5 Å². The van der Waals surface area contributed by atoms with Gasteiger partial charge in [-0.2, -0.15) is 0 Å². The molecule has 128 valence electrons. The van der Waals surface area contributed by atoms with E-state index >= 15 is 0 Å². The van der Waals surface area contributed by atoms with Crippen LogP contribution in [0.4, 0.5) is 0 Å². The average molecular weight is 324 g/mol. The molecule has 1 aromatic carbocycles. The maximum atomic E-state index is 12.0. The Labute approximate surface area is 135 Å². The quantitative estimate of drug-likeness (QED) is 0.540. The van der Waals surface area contributed by atoms with E-state index in [0.717, 1.165) is 5.56 Å². The molecule has 0 aliphatic heterocycles. The number of benzene rings is 1. The SMILES string of the molecule is COc1ccc(C[C@@H](N)[C@H](O)C(=O)N[C@H](C(=O)O)C(C)C)cc1. The Balaban J connectivity index is 2.65. The van der Waals surface area contributed by atoms with Crippen LogP contribution in [0.25, 0.3) is 0 Å². The smallest absolute Gasteiger partial charge is 0.326 e. The van der Waals surface area contributed by atoms with E-state index in [1.807, 2.05) is 0 Å². The van der Waals surface area contributed by atoms with Crippen molar-refractivity contribution in [3.05, 3.63) is 29.8 Å². The van der Waals surface area contributed by atoms with Crippen LogP contribution in [0, 0.1) is 5.92 Å². The molecule has 0 aromatic heterocycles. The van der Waals surface area contributed by atoms with Crippen molar-refractivity contribution in [3.8, 4) is 5.75 Å². The zero-order valence-corrected chi connectivity index (χ0v) is 13.5. The van der Waals surface area contributed by atoms with Gasteiger partial charge in [0, 0.05) is 6.04 Å². The Bertz CT molecular complexity index is 530. The van der Waals surface area contributed by atoms with Crippen LogP contribution in [-0.2, 0) is 16.0 Å². The number of amides is 1. The third-order valence-electron chi connectivity index (χ3n) is 3.54. The van der Waals surface area contributed by atoms with Gasteiger partial charge >= 0.3 is 5.97 Å². The van der Waals surface area contributed by atoms with Crippen LogP contribution in [0.15, 0.2) is 24.3 Å². The number of aliphatic hydroxyl groups is 1. The van der Waals surface area contributed by atoms with Crippen LogP contribution in [0.2, 0.25) is 0 Å². The molecular formula is C16H24N2O5.